The fourth-order valence-corrected chi connectivity index (χ4v) is 1.99. The summed E-state index contributed by atoms with van der Waals surface area (Å²) in [4.78, 5) is 12.2. The molecule has 126 valence electrons. The first kappa shape index (κ1) is 19.0. The molecule has 23 heavy (non-hydrogen) atoms. The van der Waals surface area contributed by atoms with Crippen molar-refractivity contribution in [3.8, 4) is 5.75 Å². The van der Waals surface area contributed by atoms with E-state index in [1.165, 1.54) is 6.20 Å². The van der Waals surface area contributed by atoms with Crippen LogP contribution in [-0.4, -0.2) is 32.7 Å². The Labute approximate surface area is 142 Å². The molecule has 0 saturated carbocycles. The molecule has 0 aromatic carbocycles. The minimum atomic E-state index is -0.0972. The van der Waals surface area contributed by atoms with Crippen molar-refractivity contribution in [2.75, 3.05) is 17.7 Å². The van der Waals surface area contributed by atoms with E-state index in [4.69, 9.17) is 10.5 Å². The lowest BCUT2D eigenvalue weighted by molar-refractivity contribution is 0.266. The lowest BCUT2D eigenvalue weighted by Crippen LogP contribution is -2.24. The maximum absolute atomic E-state index is 9.40. The first-order valence-electron chi connectivity index (χ1n) is 7.24. The highest BCUT2D eigenvalue weighted by Gasteiger charge is 2.13. The number of hydrogen-bond donors (Lipinski definition) is 3. The summed E-state index contributed by atoms with van der Waals surface area (Å²) in [5, 5.41) is 12.6. The van der Waals surface area contributed by atoms with Crippen molar-refractivity contribution in [3.05, 3.63) is 36.3 Å². The third kappa shape index (κ3) is 5.91. The summed E-state index contributed by atoms with van der Waals surface area (Å²) in [6.07, 6.45) is 6.74. The molecule has 7 nitrogen and oxygen atoms in total. The van der Waals surface area contributed by atoms with E-state index in [1.54, 1.807) is 12.4 Å². The molecule has 0 spiro atoms. The fourth-order valence-electron chi connectivity index (χ4n) is 1.99. The van der Waals surface area contributed by atoms with E-state index in [1.807, 2.05) is 12.1 Å². The molecule has 2 aromatic rings. The molecule has 0 bridgehead atoms. The lowest BCUT2D eigenvalue weighted by atomic mass is 10.2. The van der Waals surface area contributed by atoms with Crippen molar-refractivity contribution >= 4 is 25.3 Å². The maximum atomic E-state index is 9.40. The number of pyridine rings is 1. The molecular formula is C15H23N5O2S. The number of aliphatic hydroxyl groups excluding tert-OH is 1. The number of aliphatic hydroxyl groups is 1. The molecule has 0 aliphatic heterocycles. The molecule has 0 amide bonds. The van der Waals surface area contributed by atoms with E-state index in [0.29, 0.717) is 18.2 Å². The third-order valence-electron chi connectivity index (χ3n) is 3.09. The standard InChI is InChI=1S/C15H21N5O2.H2S/c1-2-4-12(9-21)19-14-13(8-18-15(16)20-14)22-10-11-5-3-6-17-7-11;/h3,5-8,12,21H,2,4,9-10H2,1H3,(H3,16,18,19,20);1H2/t12-;/m0./s1. The zero-order valence-corrected chi connectivity index (χ0v) is 14.1. The molecule has 2 rings (SSSR count). The Hall–Kier alpha value is -2.06. The van der Waals surface area contributed by atoms with Gasteiger partial charge in [-0.05, 0) is 12.5 Å². The normalized spacial score (nSPS) is 11.4. The highest BCUT2D eigenvalue weighted by Crippen LogP contribution is 2.24. The molecule has 2 heterocycles. The minimum Gasteiger partial charge on any atom is -0.483 e. The van der Waals surface area contributed by atoms with Gasteiger partial charge in [0.2, 0.25) is 5.95 Å². The van der Waals surface area contributed by atoms with Crippen molar-refractivity contribution in [2.24, 2.45) is 0 Å². The summed E-state index contributed by atoms with van der Waals surface area (Å²) in [7, 11) is 0. The zero-order valence-electron chi connectivity index (χ0n) is 13.1. The van der Waals surface area contributed by atoms with Crippen molar-refractivity contribution in [3.63, 3.8) is 0 Å². The summed E-state index contributed by atoms with van der Waals surface area (Å²) in [6.45, 7) is 2.42. The Morgan fingerprint density at radius 3 is 2.87 bits per heavy atom. The van der Waals surface area contributed by atoms with Crippen LogP contribution in [0.1, 0.15) is 25.3 Å². The Morgan fingerprint density at radius 2 is 2.22 bits per heavy atom. The molecule has 0 radical (unpaired) electrons. The lowest BCUT2D eigenvalue weighted by Gasteiger charge is -2.18. The molecule has 2 aromatic heterocycles. The van der Waals surface area contributed by atoms with Crippen molar-refractivity contribution in [1.29, 1.82) is 0 Å². The molecule has 4 N–H and O–H groups in total. The monoisotopic (exact) mass is 337 g/mol. The van der Waals surface area contributed by atoms with Gasteiger partial charge in [0.25, 0.3) is 0 Å². The van der Waals surface area contributed by atoms with Gasteiger partial charge in [0.15, 0.2) is 11.6 Å². The Balaban J connectivity index is 0.00000264. The van der Waals surface area contributed by atoms with Gasteiger partial charge in [0.1, 0.15) is 6.61 Å². The average Bonchev–Trinajstić information content (AvgIpc) is 2.54. The van der Waals surface area contributed by atoms with Gasteiger partial charge in [0.05, 0.1) is 18.8 Å². The molecule has 0 aliphatic rings. The summed E-state index contributed by atoms with van der Waals surface area (Å²) in [6, 6.07) is 3.67. The molecule has 0 saturated heterocycles. The van der Waals surface area contributed by atoms with Crippen molar-refractivity contribution < 1.29 is 9.84 Å². The number of rotatable bonds is 8. The predicted octanol–water partition coefficient (Wildman–Crippen LogP) is 1.72. The van der Waals surface area contributed by atoms with Gasteiger partial charge in [-0.1, -0.05) is 19.4 Å². The molecule has 0 fully saturated rings. The van der Waals surface area contributed by atoms with Crippen molar-refractivity contribution in [2.45, 2.75) is 32.4 Å². The quantitative estimate of drug-likeness (QED) is 0.673. The van der Waals surface area contributed by atoms with E-state index >= 15 is 0 Å². The second kappa shape index (κ2) is 9.86. The second-order valence-corrected chi connectivity index (χ2v) is 4.90. The third-order valence-corrected chi connectivity index (χ3v) is 3.09. The Bertz CT molecular complexity index is 585. The number of nitrogens with zero attached hydrogens (tertiary/aromatic N) is 3. The van der Waals surface area contributed by atoms with E-state index in [0.717, 1.165) is 18.4 Å². The summed E-state index contributed by atoms with van der Waals surface area (Å²) < 4.78 is 5.74. The van der Waals surface area contributed by atoms with E-state index in [-0.39, 0.29) is 32.1 Å². The number of aromatic nitrogens is 3. The number of nitrogens with one attached hydrogen (secondary N) is 1. The average molecular weight is 337 g/mol. The zero-order chi connectivity index (χ0) is 15.8. The summed E-state index contributed by atoms with van der Waals surface area (Å²) >= 11 is 0. The number of ether oxygens (including phenoxy) is 1. The van der Waals surface area contributed by atoms with Crippen LogP contribution in [0.15, 0.2) is 30.7 Å². The van der Waals surface area contributed by atoms with Crippen LogP contribution in [0.3, 0.4) is 0 Å². The summed E-state index contributed by atoms with van der Waals surface area (Å²) in [5.41, 5.74) is 6.58. The van der Waals surface area contributed by atoms with Crippen LogP contribution in [0.25, 0.3) is 0 Å². The Morgan fingerprint density at radius 1 is 1.39 bits per heavy atom. The van der Waals surface area contributed by atoms with Crippen LogP contribution in [-0.2, 0) is 6.61 Å². The topological polar surface area (TPSA) is 106 Å². The fraction of sp³-hybridized carbons (Fsp3) is 0.400. The van der Waals surface area contributed by atoms with E-state index < -0.39 is 0 Å². The van der Waals surface area contributed by atoms with Crippen LogP contribution in [0.2, 0.25) is 0 Å². The van der Waals surface area contributed by atoms with Crippen LogP contribution in [0, 0.1) is 0 Å². The van der Waals surface area contributed by atoms with E-state index in [2.05, 4.69) is 27.2 Å². The van der Waals surface area contributed by atoms with Gasteiger partial charge < -0.3 is 20.9 Å². The second-order valence-electron chi connectivity index (χ2n) is 4.90. The van der Waals surface area contributed by atoms with Gasteiger partial charge in [-0.3, -0.25) is 4.98 Å². The van der Waals surface area contributed by atoms with Gasteiger partial charge in [-0.2, -0.15) is 18.5 Å². The smallest absolute Gasteiger partial charge is 0.222 e. The van der Waals surface area contributed by atoms with Gasteiger partial charge in [-0.15, -0.1) is 0 Å². The van der Waals surface area contributed by atoms with Crippen LogP contribution < -0.4 is 15.8 Å². The molecular weight excluding hydrogens is 314 g/mol. The summed E-state index contributed by atoms with van der Waals surface area (Å²) in [5.74, 6) is 1.14. The molecule has 8 heteroatoms. The van der Waals surface area contributed by atoms with Gasteiger partial charge in [-0.25, -0.2) is 4.98 Å². The maximum Gasteiger partial charge on any atom is 0.222 e. The van der Waals surface area contributed by atoms with Gasteiger partial charge >= 0.3 is 0 Å². The highest BCUT2D eigenvalue weighted by atomic mass is 32.1. The number of hydrogen-bond acceptors (Lipinski definition) is 7. The molecule has 1 atom stereocenters. The first-order chi connectivity index (χ1) is 10.7. The SMILES string of the molecule is CCC[C@@H](CO)Nc1nc(N)ncc1OCc1cccnc1.S. The Kier molecular flexibility index (Phi) is 8.14. The minimum absolute atomic E-state index is 0. The van der Waals surface area contributed by atoms with Crippen LogP contribution in [0.5, 0.6) is 5.75 Å². The first-order valence-corrected chi connectivity index (χ1v) is 7.24. The van der Waals surface area contributed by atoms with Crippen molar-refractivity contribution in [1.82, 2.24) is 15.0 Å². The van der Waals surface area contributed by atoms with E-state index in [9.17, 15) is 5.11 Å². The van der Waals surface area contributed by atoms with Crippen LogP contribution in [0.4, 0.5) is 11.8 Å². The van der Waals surface area contributed by atoms with Crippen LogP contribution >= 0.6 is 13.5 Å². The molecule has 0 aliphatic carbocycles. The van der Waals surface area contributed by atoms with Gasteiger partial charge in [0, 0.05) is 18.0 Å². The highest BCUT2D eigenvalue weighted by molar-refractivity contribution is 7.59. The molecule has 0 unspecified atom stereocenters. The predicted molar refractivity (Wildman–Crippen MR) is 94.8 cm³/mol. The number of nitrogens with two attached hydrogens (primary N) is 1. The number of anilines is 2. The number of nitrogen functional groups attached to an aromatic ring is 1. The largest absolute Gasteiger partial charge is 0.483 e.